The van der Waals surface area contributed by atoms with E-state index in [1.807, 2.05) is 0 Å². The molecule has 0 spiro atoms. The summed E-state index contributed by atoms with van der Waals surface area (Å²) in [4.78, 5) is 11.7. The summed E-state index contributed by atoms with van der Waals surface area (Å²) in [6, 6.07) is 0. The summed E-state index contributed by atoms with van der Waals surface area (Å²) in [6.45, 7) is 5.96. The summed E-state index contributed by atoms with van der Waals surface area (Å²) in [6.07, 6.45) is -6.42. The second-order valence-electron chi connectivity index (χ2n) is 1.64. The number of carbonyl (C=O) groups is 1. The van der Waals surface area contributed by atoms with Crippen molar-refractivity contribution in [2.24, 2.45) is 0 Å². The van der Waals surface area contributed by atoms with E-state index >= 15 is 0 Å². The Morgan fingerprint density at radius 2 is 1.91 bits per heavy atom. The third-order valence-corrected chi connectivity index (χ3v) is 0.933. The lowest BCUT2D eigenvalue weighted by Gasteiger charge is -2.06. The van der Waals surface area contributed by atoms with Crippen molar-refractivity contribution in [3.63, 3.8) is 0 Å². The number of nitrogens with zero attached hydrogens (tertiary/aromatic N) is 1. The number of cyclic esters (lactones) is 2. The van der Waals surface area contributed by atoms with Gasteiger partial charge in [-0.2, -0.15) is 0 Å². The SMILES string of the molecule is [C-]#[N+]C1(F)OC(=O)OC1(F)F. The molecule has 1 unspecified atom stereocenters. The van der Waals surface area contributed by atoms with Gasteiger partial charge in [0.1, 0.15) is 0 Å². The quantitative estimate of drug-likeness (QED) is 0.310. The van der Waals surface area contributed by atoms with E-state index in [1.165, 1.54) is 0 Å². The van der Waals surface area contributed by atoms with Crippen molar-refractivity contribution in [3.05, 3.63) is 11.4 Å². The van der Waals surface area contributed by atoms with Crippen LogP contribution in [-0.4, -0.2) is 18.2 Å². The Morgan fingerprint density at radius 3 is 2.09 bits per heavy atom. The molecule has 1 aliphatic heterocycles. The van der Waals surface area contributed by atoms with Gasteiger partial charge in [-0.3, -0.25) is 0 Å². The number of hydrogen-bond donors (Lipinski definition) is 0. The third kappa shape index (κ3) is 0.869. The van der Waals surface area contributed by atoms with Crippen LogP contribution in [0.15, 0.2) is 0 Å². The summed E-state index contributed by atoms with van der Waals surface area (Å²) >= 11 is 0. The Balaban J connectivity index is 3.01. The van der Waals surface area contributed by atoms with E-state index in [4.69, 9.17) is 6.57 Å². The zero-order valence-electron chi connectivity index (χ0n) is 4.81. The molecule has 60 valence electrons. The number of rotatable bonds is 0. The van der Waals surface area contributed by atoms with Crippen molar-refractivity contribution >= 4 is 6.16 Å². The van der Waals surface area contributed by atoms with Gasteiger partial charge in [0.25, 0.3) is 0 Å². The summed E-state index contributed by atoms with van der Waals surface area (Å²) in [7, 11) is 0. The minimum absolute atomic E-state index is 1.79. The Kier molecular flexibility index (Phi) is 1.24. The van der Waals surface area contributed by atoms with Crippen molar-refractivity contribution in [1.29, 1.82) is 0 Å². The van der Waals surface area contributed by atoms with Gasteiger partial charge >= 0.3 is 18.2 Å². The molecule has 0 aromatic heterocycles. The average molecular weight is 167 g/mol. The maximum absolute atomic E-state index is 12.4. The topological polar surface area (TPSA) is 39.9 Å². The fourth-order valence-corrected chi connectivity index (χ4v) is 0.446. The van der Waals surface area contributed by atoms with E-state index in [0.717, 1.165) is 0 Å². The highest BCUT2D eigenvalue weighted by Crippen LogP contribution is 2.41. The highest BCUT2D eigenvalue weighted by Gasteiger charge is 2.77. The van der Waals surface area contributed by atoms with Gasteiger partial charge in [-0.15, -0.1) is 13.2 Å². The van der Waals surface area contributed by atoms with Gasteiger partial charge in [0.2, 0.25) is 0 Å². The highest BCUT2D eigenvalue weighted by atomic mass is 19.3. The molecule has 0 N–H and O–H groups in total. The molecule has 1 atom stereocenters. The molecule has 0 aromatic carbocycles. The van der Waals surface area contributed by atoms with Crippen LogP contribution in [0, 0.1) is 6.57 Å². The van der Waals surface area contributed by atoms with Gasteiger partial charge in [0.05, 0.1) is 0 Å². The highest BCUT2D eigenvalue weighted by molar-refractivity contribution is 5.63. The second-order valence-corrected chi connectivity index (χ2v) is 1.64. The zero-order chi connectivity index (χ0) is 8.70. The number of carbonyl (C=O) groups excluding carboxylic acids is 1. The van der Waals surface area contributed by atoms with Crippen LogP contribution in [0.1, 0.15) is 0 Å². The van der Waals surface area contributed by atoms with Crippen LogP contribution in [0.2, 0.25) is 0 Å². The summed E-state index contributed by atoms with van der Waals surface area (Å²) in [5, 5.41) is 0. The van der Waals surface area contributed by atoms with E-state index in [9.17, 15) is 18.0 Å². The fourth-order valence-electron chi connectivity index (χ4n) is 0.446. The maximum atomic E-state index is 12.4. The number of hydrogen-bond acceptors (Lipinski definition) is 3. The minimum atomic E-state index is -4.52. The standard InChI is InChI=1S/C4F3NO3/c1-8-4(7)3(5,6)10-2(9)11-4. The van der Waals surface area contributed by atoms with Crippen molar-refractivity contribution in [2.75, 3.05) is 0 Å². The van der Waals surface area contributed by atoms with Gasteiger partial charge in [0, 0.05) is 0 Å². The van der Waals surface area contributed by atoms with Crippen molar-refractivity contribution in [1.82, 2.24) is 0 Å². The lowest BCUT2D eigenvalue weighted by Crippen LogP contribution is -2.37. The molecule has 0 bridgehead atoms. The average Bonchev–Trinajstić information content (AvgIpc) is 2.03. The van der Waals surface area contributed by atoms with E-state index in [2.05, 4.69) is 9.47 Å². The third-order valence-electron chi connectivity index (χ3n) is 0.933. The largest absolute Gasteiger partial charge is 0.650 e. The lowest BCUT2D eigenvalue weighted by molar-refractivity contribution is -0.267. The van der Waals surface area contributed by atoms with Crippen LogP contribution in [0.4, 0.5) is 18.0 Å². The van der Waals surface area contributed by atoms with E-state index in [0.29, 0.717) is 0 Å². The molecule has 1 heterocycles. The maximum Gasteiger partial charge on any atom is 0.650 e. The Labute approximate surface area is 58.3 Å². The number of halogens is 3. The first-order chi connectivity index (χ1) is 4.91. The molecule has 0 amide bonds. The molecule has 1 aliphatic rings. The van der Waals surface area contributed by atoms with Crippen molar-refractivity contribution in [3.8, 4) is 0 Å². The molecule has 0 radical (unpaired) electrons. The van der Waals surface area contributed by atoms with Crippen molar-refractivity contribution in [2.45, 2.75) is 12.1 Å². The fraction of sp³-hybridized carbons (Fsp3) is 0.500. The van der Waals surface area contributed by atoms with Gasteiger partial charge in [-0.1, -0.05) is 0 Å². The smallest absolute Gasteiger partial charge is 0.356 e. The van der Waals surface area contributed by atoms with Crippen LogP contribution in [-0.2, 0) is 9.47 Å². The first kappa shape index (κ1) is 7.65. The van der Waals surface area contributed by atoms with E-state index in [-0.39, 0.29) is 0 Å². The summed E-state index contributed by atoms with van der Waals surface area (Å²) in [5.74, 6) is -4.01. The van der Waals surface area contributed by atoms with Gasteiger partial charge in [0.15, 0.2) is 0 Å². The molecule has 1 saturated heterocycles. The lowest BCUT2D eigenvalue weighted by atomic mass is 10.5. The molecule has 7 heteroatoms. The predicted octanol–water partition coefficient (Wildman–Crippen LogP) is 1.29. The number of alkyl halides is 3. The Hall–Kier alpha value is -1.45. The van der Waals surface area contributed by atoms with Crippen LogP contribution >= 0.6 is 0 Å². The van der Waals surface area contributed by atoms with Gasteiger partial charge < -0.3 is 9.47 Å². The monoisotopic (exact) mass is 167 g/mol. The summed E-state index contributed by atoms with van der Waals surface area (Å²) < 4.78 is 42.9. The number of ether oxygens (including phenoxy) is 2. The van der Waals surface area contributed by atoms with Gasteiger partial charge in [-0.25, -0.2) is 16.2 Å². The molecule has 1 fully saturated rings. The van der Waals surface area contributed by atoms with Crippen LogP contribution in [0.3, 0.4) is 0 Å². The van der Waals surface area contributed by atoms with Gasteiger partial charge in [-0.05, 0) is 0 Å². The van der Waals surface area contributed by atoms with Crippen LogP contribution in [0.5, 0.6) is 0 Å². The molecule has 0 aromatic rings. The van der Waals surface area contributed by atoms with Crippen LogP contribution in [0.25, 0.3) is 4.85 Å². The molecule has 4 nitrogen and oxygen atoms in total. The first-order valence-electron chi connectivity index (χ1n) is 2.28. The minimum Gasteiger partial charge on any atom is -0.356 e. The van der Waals surface area contributed by atoms with E-state index in [1.54, 1.807) is 4.85 Å². The Morgan fingerprint density at radius 1 is 1.36 bits per heavy atom. The normalized spacial score (nSPS) is 33.8. The predicted molar refractivity (Wildman–Crippen MR) is 23.0 cm³/mol. The van der Waals surface area contributed by atoms with Crippen molar-refractivity contribution < 1.29 is 27.4 Å². The Bertz CT molecular complexity index is 247. The zero-order valence-corrected chi connectivity index (χ0v) is 4.81. The van der Waals surface area contributed by atoms with Crippen LogP contribution < -0.4 is 0 Å². The molecule has 0 aliphatic carbocycles. The molecule has 11 heavy (non-hydrogen) atoms. The molecule has 1 rings (SSSR count). The molecule has 0 saturated carbocycles. The van der Waals surface area contributed by atoms with E-state index < -0.39 is 18.2 Å². The molecular weight excluding hydrogens is 167 g/mol. The first-order valence-corrected chi connectivity index (χ1v) is 2.28. The molecular formula is C4F3NO3. The second kappa shape index (κ2) is 1.78. The summed E-state index contributed by atoms with van der Waals surface area (Å²) in [5.41, 5.74) is 0.